The second-order valence-corrected chi connectivity index (χ2v) is 10.5. The molecule has 0 aliphatic carbocycles. The van der Waals surface area contributed by atoms with Crippen LogP contribution in [0.5, 0.6) is 5.75 Å². The Hall–Kier alpha value is -2.77. The van der Waals surface area contributed by atoms with Crippen molar-refractivity contribution in [3.8, 4) is 5.75 Å². The van der Waals surface area contributed by atoms with E-state index >= 15 is 0 Å². The fourth-order valence-electron chi connectivity index (χ4n) is 3.83. The van der Waals surface area contributed by atoms with Gasteiger partial charge in [0.15, 0.2) is 0 Å². The number of amides is 3. The predicted octanol–water partition coefficient (Wildman–Crippen LogP) is 5.23. The first-order valence-corrected chi connectivity index (χ1v) is 13.2. The van der Waals surface area contributed by atoms with E-state index in [2.05, 4.69) is 10.6 Å². The number of nitrogens with one attached hydrogen (secondary N) is 2. The number of alkyl carbamates (subject to hydrolysis) is 1. The van der Waals surface area contributed by atoms with Gasteiger partial charge < -0.3 is 25.4 Å². The molecule has 3 amide bonds. The van der Waals surface area contributed by atoms with Crippen molar-refractivity contribution in [1.29, 1.82) is 0 Å². The molecule has 8 heteroatoms. The molecule has 0 spiro atoms. The van der Waals surface area contributed by atoms with Gasteiger partial charge in [0.1, 0.15) is 23.4 Å². The van der Waals surface area contributed by atoms with Gasteiger partial charge in [0.25, 0.3) is 0 Å². The zero-order valence-electron chi connectivity index (χ0n) is 23.4. The topological polar surface area (TPSA) is 108 Å². The number of hydrogen-bond acceptors (Lipinski definition) is 5. The standard InChI is InChI=1S/C28H47N3O5/c1-9-12-17-29-25(33)23(21-16-14-15-20(5)24(21)32)31(18-13-10-2)26(34)22(19(4)11-3)30-27(35)36-28(6,7)8/h14-16,19,22-23,32H,9-13,17-18H2,1-8H3,(H,29,33)(H,30,35). The molecule has 0 radical (unpaired) electrons. The van der Waals surface area contributed by atoms with E-state index in [1.165, 1.54) is 4.90 Å². The lowest BCUT2D eigenvalue weighted by molar-refractivity contribution is -0.143. The smallest absolute Gasteiger partial charge is 0.408 e. The molecule has 3 unspecified atom stereocenters. The van der Waals surface area contributed by atoms with E-state index in [1.54, 1.807) is 45.9 Å². The number of phenolic OH excluding ortho intramolecular Hbond substituents is 1. The lowest BCUT2D eigenvalue weighted by Crippen LogP contribution is -2.55. The Balaban J connectivity index is 3.53. The van der Waals surface area contributed by atoms with E-state index in [9.17, 15) is 19.5 Å². The molecular weight excluding hydrogens is 458 g/mol. The van der Waals surface area contributed by atoms with E-state index < -0.39 is 23.8 Å². The second-order valence-electron chi connectivity index (χ2n) is 10.5. The maximum atomic E-state index is 14.1. The third kappa shape index (κ3) is 9.36. The molecule has 1 rings (SSSR count). The van der Waals surface area contributed by atoms with Crippen LogP contribution in [-0.4, -0.2) is 52.6 Å². The van der Waals surface area contributed by atoms with Gasteiger partial charge in [-0.2, -0.15) is 0 Å². The van der Waals surface area contributed by atoms with Crippen molar-refractivity contribution in [3.63, 3.8) is 0 Å². The van der Waals surface area contributed by atoms with Crippen molar-refractivity contribution in [2.45, 2.75) is 105 Å². The molecule has 0 saturated carbocycles. The molecule has 0 bridgehead atoms. The zero-order chi connectivity index (χ0) is 27.5. The number of nitrogens with zero attached hydrogens (tertiary/aromatic N) is 1. The molecule has 0 aromatic heterocycles. The Morgan fingerprint density at radius 2 is 1.72 bits per heavy atom. The molecule has 0 fully saturated rings. The normalized spacial score (nSPS) is 13.9. The maximum Gasteiger partial charge on any atom is 0.408 e. The van der Waals surface area contributed by atoms with Crippen LogP contribution in [0, 0.1) is 12.8 Å². The molecule has 0 heterocycles. The Morgan fingerprint density at radius 1 is 1.08 bits per heavy atom. The number of rotatable bonds is 13. The fraction of sp³-hybridized carbons (Fsp3) is 0.679. The molecule has 1 aromatic carbocycles. The minimum absolute atomic E-state index is 0.0115. The quantitative estimate of drug-likeness (QED) is 0.318. The van der Waals surface area contributed by atoms with Crippen molar-refractivity contribution < 1.29 is 24.2 Å². The first kappa shape index (κ1) is 31.3. The number of para-hydroxylation sites is 1. The molecule has 36 heavy (non-hydrogen) atoms. The van der Waals surface area contributed by atoms with Crippen LogP contribution in [0.2, 0.25) is 0 Å². The Labute approximate surface area is 217 Å². The number of aryl methyl sites for hydroxylation is 1. The zero-order valence-corrected chi connectivity index (χ0v) is 23.4. The van der Waals surface area contributed by atoms with Crippen LogP contribution >= 0.6 is 0 Å². The maximum absolute atomic E-state index is 14.1. The summed E-state index contributed by atoms with van der Waals surface area (Å²) in [5.74, 6) is -0.944. The highest BCUT2D eigenvalue weighted by Crippen LogP contribution is 2.33. The highest BCUT2D eigenvalue weighted by molar-refractivity contribution is 5.92. The van der Waals surface area contributed by atoms with Gasteiger partial charge in [-0.3, -0.25) is 9.59 Å². The molecule has 3 atom stereocenters. The van der Waals surface area contributed by atoms with Gasteiger partial charge in [-0.05, 0) is 52.0 Å². The van der Waals surface area contributed by atoms with Crippen LogP contribution in [0.25, 0.3) is 0 Å². The monoisotopic (exact) mass is 505 g/mol. The van der Waals surface area contributed by atoms with Gasteiger partial charge >= 0.3 is 6.09 Å². The first-order valence-electron chi connectivity index (χ1n) is 13.2. The van der Waals surface area contributed by atoms with Crippen molar-refractivity contribution in [1.82, 2.24) is 15.5 Å². The summed E-state index contributed by atoms with van der Waals surface area (Å²) < 4.78 is 5.43. The molecule has 0 aliphatic rings. The van der Waals surface area contributed by atoms with E-state index in [-0.39, 0.29) is 23.5 Å². The summed E-state index contributed by atoms with van der Waals surface area (Å²) in [6, 6.07) is 3.28. The largest absolute Gasteiger partial charge is 0.507 e. The van der Waals surface area contributed by atoms with Gasteiger partial charge in [0.05, 0.1) is 0 Å². The number of phenols is 1. The third-order valence-electron chi connectivity index (χ3n) is 6.14. The summed E-state index contributed by atoms with van der Waals surface area (Å²) in [5.41, 5.74) is 0.269. The summed E-state index contributed by atoms with van der Waals surface area (Å²) in [5, 5.41) is 16.6. The summed E-state index contributed by atoms with van der Waals surface area (Å²) in [4.78, 5) is 41.8. The number of aromatic hydroxyl groups is 1. The number of unbranched alkanes of at least 4 members (excludes halogenated alkanes) is 2. The Morgan fingerprint density at radius 3 is 2.28 bits per heavy atom. The van der Waals surface area contributed by atoms with Gasteiger partial charge in [0, 0.05) is 18.7 Å². The molecule has 204 valence electrons. The fourth-order valence-corrected chi connectivity index (χ4v) is 3.83. The highest BCUT2D eigenvalue weighted by atomic mass is 16.6. The average molecular weight is 506 g/mol. The minimum atomic E-state index is -1.03. The van der Waals surface area contributed by atoms with Gasteiger partial charge in [-0.15, -0.1) is 0 Å². The first-order chi connectivity index (χ1) is 16.9. The number of carbonyl (C=O) groups excluding carboxylic acids is 3. The van der Waals surface area contributed by atoms with Crippen LogP contribution in [0.4, 0.5) is 4.79 Å². The SMILES string of the molecule is CCCCNC(=O)C(c1cccc(C)c1O)N(CCCC)C(=O)C(NC(=O)OC(C)(C)C)C(C)CC. The molecule has 1 aromatic rings. The molecule has 8 nitrogen and oxygen atoms in total. The average Bonchev–Trinajstić information content (AvgIpc) is 2.80. The van der Waals surface area contributed by atoms with Gasteiger partial charge in [0.2, 0.25) is 11.8 Å². The van der Waals surface area contributed by atoms with E-state index in [0.717, 1.165) is 19.3 Å². The number of benzene rings is 1. The van der Waals surface area contributed by atoms with Crippen LogP contribution in [0.3, 0.4) is 0 Å². The van der Waals surface area contributed by atoms with Crippen LogP contribution in [-0.2, 0) is 14.3 Å². The number of hydrogen-bond donors (Lipinski definition) is 3. The van der Waals surface area contributed by atoms with Crippen LogP contribution in [0.15, 0.2) is 18.2 Å². The van der Waals surface area contributed by atoms with Crippen molar-refractivity contribution in [3.05, 3.63) is 29.3 Å². The van der Waals surface area contributed by atoms with E-state index in [1.807, 2.05) is 27.7 Å². The summed E-state index contributed by atoms with van der Waals surface area (Å²) in [6.07, 6.45) is 3.14. The Bertz CT molecular complexity index is 865. The minimum Gasteiger partial charge on any atom is -0.507 e. The summed E-state index contributed by atoms with van der Waals surface area (Å²) >= 11 is 0. The van der Waals surface area contributed by atoms with Gasteiger partial charge in [-0.1, -0.05) is 65.2 Å². The number of ether oxygens (including phenoxy) is 1. The summed E-state index contributed by atoms with van der Waals surface area (Å²) in [7, 11) is 0. The molecule has 0 aliphatic heterocycles. The molecular formula is C28H47N3O5. The Kier molecular flexibility index (Phi) is 12.8. The van der Waals surface area contributed by atoms with Crippen molar-refractivity contribution in [2.24, 2.45) is 5.92 Å². The third-order valence-corrected chi connectivity index (χ3v) is 6.14. The highest BCUT2D eigenvalue weighted by Gasteiger charge is 2.38. The lowest BCUT2D eigenvalue weighted by Gasteiger charge is -2.36. The number of carbonyl (C=O) groups is 3. The van der Waals surface area contributed by atoms with Crippen molar-refractivity contribution >= 4 is 17.9 Å². The van der Waals surface area contributed by atoms with Gasteiger partial charge in [-0.25, -0.2) is 4.79 Å². The van der Waals surface area contributed by atoms with Crippen molar-refractivity contribution in [2.75, 3.05) is 13.1 Å². The summed E-state index contributed by atoms with van der Waals surface area (Å²) in [6.45, 7) is 15.7. The van der Waals surface area contributed by atoms with Crippen LogP contribution < -0.4 is 10.6 Å². The second kappa shape index (κ2) is 14.7. The van der Waals surface area contributed by atoms with E-state index in [4.69, 9.17) is 4.74 Å². The van der Waals surface area contributed by atoms with Crippen LogP contribution in [0.1, 0.15) is 97.7 Å². The molecule has 3 N–H and O–H groups in total. The van der Waals surface area contributed by atoms with E-state index in [0.29, 0.717) is 37.1 Å². The molecule has 0 saturated heterocycles. The predicted molar refractivity (Wildman–Crippen MR) is 143 cm³/mol. The lowest BCUT2D eigenvalue weighted by atomic mass is 9.94.